The third-order valence-electron chi connectivity index (χ3n) is 6.22. The van der Waals surface area contributed by atoms with Crippen LogP contribution in [-0.4, -0.2) is 34.9 Å². The van der Waals surface area contributed by atoms with Crippen molar-refractivity contribution in [3.63, 3.8) is 0 Å². The molecule has 28 heavy (non-hydrogen) atoms. The first-order chi connectivity index (χ1) is 13.8. The van der Waals surface area contributed by atoms with Crippen LogP contribution in [-0.2, 0) is 12.8 Å². The van der Waals surface area contributed by atoms with Crippen molar-refractivity contribution >= 4 is 22.5 Å². The van der Waals surface area contributed by atoms with E-state index in [2.05, 4.69) is 27.3 Å². The van der Waals surface area contributed by atoms with Gasteiger partial charge in [0, 0.05) is 30.2 Å². The fourth-order valence-electron chi connectivity index (χ4n) is 4.32. The first-order valence-corrected chi connectivity index (χ1v) is 10.3. The number of nitrogens with zero attached hydrogens (tertiary/aromatic N) is 2. The summed E-state index contributed by atoms with van der Waals surface area (Å²) in [7, 11) is 0. The maximum atomic E-state index is 12.7. The van der Waals surface area contributed by atoms with Gasteiger partial charge in [0.1, 0.15) is 5.69 Å². The molecule has 1 aliphatic heterocycles. The van der Waals surface area contributed by atoms with Crippen molar-refractivity contribution in [3.05, 3.63) is 71.4 Å². The molecule has 1 saturated carbocycles. The zero-order valence-electron chi connectivity index (χ0n) is 16.0. The highest BCUT2D eigenvalue weighted by molar-refractivity contribution is 6.04. The molecule has 1 amide bonds. The van der Waals surface area contributed by atoms with Gasteiger partial charge in [-0.2, -0.15) is 0 Å². The second-order valence-corrected chi connectivity index (χ2v) is 7.95. The van der Waals surface area contributed by atoms with Gasteiger partial charge < -0.3 is 5.32 Å². The molecule has 0 atom stereocenters. The number of aromatic nitrogens is 1. The lowest BCUT2D eigenvalue weighted by Crippen LogP contribution is -2.41. The van der Waals surface area contributed by atoms with E-state index in [1.807, 2.05) is 36.4 Å². The lowest BCUT2D eigenvalue weighted by Gasteiger charge is -2.36. The molecule has 0 saturated heterocycles. The number of amides is 1. The van der Waals surface area contributed by atoms with Crippen LogP contribution in [0.15, 0.2) is 54.6 Å². The van der Waals surface area contributed by atoms with Crippen LogP contribution in [0.1, 0.15) is 40.9 Å². The molecule has 1 N–H and O–H groups in total. The van der Waals surface area contributed by atoms with E-state index < -0.39 is 0 Å². The Morgan fingerprint density at radius 3 is 2.61 bits per heavy atom. The normalized spacial score (nSPS) is 17.6. The number of benzene rings is 2. The summed E-state index contributed by atoms with van der Waals surface area (Å²) in [6.45, 7) is 2.28. The Balaban J connectivity index is 1.31. The second kappa shape index (κ2) is 7.36. The van der Waals surface area contributed by atoms with Crippen molar-refractivity contribution in [1.29, 1.82) is 0 Å². The lowest BCUT2D eigenvalue weighted by molar-refractivity contribution is 0.102. The summed E-state index contributed by atoms with van der Waals surface area (Å²) >= 11 is 0. The van der Waals surface area contributed by atoms with Gasteiger partial charge in [-0.15, -0.1) is 0 Å². The van der Waals surface area contributed by atoms with E-state index in [4.69, 9.17) is 0 Å². The van der Waals surface area contributed by atoms with Crippen LogP contribution in [0.2, 0.25) is 0 Å². The summed E-state index contributed by atoms with van der Waals surface area (Å²) in [5.74, 6) is -0.157. The Morgan fingerprint density at radius 2 is 1.79 bits per heavy atom. The minimum atomic E-state index is -0.157. The van der Waals surface area contributed by atoms with Gasteiger partial charge in [0.15, 0.2) is 0 Å². The number of pyridine rings is 1. The molecule has 0 bridgehead atoms. The molecule has 5 rings (SSSR count). The molecule has 3 aromatic rings. The number of carbonyl (C=O) groups is 1. The monoisotopic (exact) mass is 371 g/mol. The molecule has 1 aliphatic carbocycles. The quantitative estimate of drug-likeness (QED) is 0.740. The number of carbonyl (C=O) groups excluding carboxylic acids is 1. The molecule has 0 unspecified atom stereocenters. The molecule has 4 heteroatoms. The molecule has 1 aromatic heterocycles. The van der Waals surface area contributed by atoms with Crippen LogP contribution in [0, 0.1) is 0 Å². The predicted molar refractivity (Wildman–Crippen MR) is 113 cm³/mol. The number of fused-ring (bicyclic) bond motifs is 2. The smallest absolute Gasteiger partial charge is 0.274 e. The Morgan fingerprint density at radius 1 is 0.964 bits per heavy atom. The predicted octanol–water partition coefficient (Wildman–Crippen LogP) is 4.44. The fourth-order valence-corrected chi connectivity index (χ4v) is 4.32. The second-order valence-electron chi connectivity index (χ2n) is 7.95. The molecule has 1 fully saturated rings. The van der Waals surface area contributed by atoms with Crippen LogP contribution >= 0.6 is 0 Å². The highest BCUT2D eigenvalue weighted by Crippen LogP contribution is 2.28. The first kappa shape index (κ1) is 17.4. The van der Waals surface area contributed by atoms with Gasteiger partial charge in [-0.25, -0.2) is 4.98 Å². The number of nitrogens with one attached hydrogen (secondary N) is 1. The molecule has 0 radical (unpaired) electrons. The van der Waals surface area contributed by atoms with Crippen molar-refractivity contribution in [2.75, 3.05) is 18.4 Å². The zero-order chi connectivity index (χ0) is 18.9. The zero-order valence-corrected chi connectivity index (χ0v) is 16.0. The van der Waals surface area contributed by atoms with Crippen LogP contribution in [0.4, 0.5) is 5.69 Å². The Labute approximate surface area is 165 Å². The van der Waals surface area contributed by atoms with E-state index in [9.17, 15) is 4.79 Å². The van der Waals surface area contributed by atoms with Crippen molar-refractivity contribution in [3.8, 4) is 0 Å². The van der Waals surface area contributed by atoms with E-state index in [-0.39, 0.29) is 5.91 Å². The van der Waals surface area contributed by atoms with Crippen molar-refractivity contribution < 1.29 is 4.79 Å². The van der Waals surface area contributed by atoms with Crippen LogP contribution in [0.25, 0.3) is 10.9 Å². The highest BCUT2D eigenvalue weighted by Gasteiger charge is 2.26. The number of hydrogen-bond acceptors (Lipinski definition) is 3. The molecular formula is C24H25N3O. The summed E-state index contributed by atoms with van der Waals surface area (Å²) < 4.78 is 0. The minimum Gasteiger partial charge on any atom is -0.321 e. The van der Waals surface area contributed by atoms with E-state index in [1.54, 1.807) is 6.07 Å². The maximum absolute atomic E-state index is 12.7. The van der Waals surface area contributed by atoms with Gasteiger partial charge in [-0.3, -0.25) is 9.69 Å². The minimum absolute atomic E-state index is 0.157. The molecule has 142 valence electrons. The summed E-state index contributed by atoms with van der Waals surface area (Å²) in [5, 5.41) is 4.08. The number of hydrogen-bond donors (Lipinski definition) is 1. The maximum Gasteiger partial charge on any atom is 0.274 e. The van der Waals surface area contributed by atoms with Gasteiger partial charge in [0.25, 0.3) is 5.91 Å². The van der Waals surface area contributed by atoms with Gasteiger partial charge in [-0.05, 0) is 61.1 Å². The van der Waals surface area contributed by atoms with Gasteiger partial charge in [-0.1, -0.05) is 36.8 Å². The molecule has 0 spiro atoms. The van der Waals surface area contributed by atoms with Crippen LogP contribution < -0.4 is 5.32 Å². The Hall–Kier alpha value is -2.72. The summed E-state index contributed by atoms with van der Waals surface area (Å²) in [6, 6.07) is 18.7. The fraction of sp³-hybridized carbons (Fsp3) is 0.333. The summed E-state index contributed by atoms with van der Waals surface area (Å²) in [5.41, 5.74) is 4.93. The van der Waals surface area contributed by atoms with Crippen molar-refractivity contribution in [2.45, 2.75) is 38.1 Å². The molecular weight excluding hydrogens is 346 g/mol. The van der Waals surface area contributed by atoms with E-state index in [1.165, 1.54) is 30.4 Å². The Bertz CT molecular complexity index is 1030. The van der Waals surface area contributed by atoms with E-state index in [0.717, 1.165) is 48.6 Å². The molecule has 4 nitrogen and oxygen atoms in total. The average Bonchev–Trinajstić information content (AvgIpc) is 2.89. The van der Waals surface area contributed by atoms with Crippen molar-refractivity contribution in [1.82, 2.24) is 9.88 Å². The van der Waals surface area contributed by atoms with E-state index in [0.29, 0.717) is 5.69 Å². The number of para-hydroxylation sites is 1. The lowest BCUT2D eigenvalue weighted by atomic mass is 9.91. The molecule has 2 aromatic carbocycles. The van der Waals surface area contributed by atoms with Crippen LogP contribution in [0.5, 0.6) is 0 Å². The largest absolute Gasteiger partial charge is 0.321 e. The number of rotatable bonds is 3. The first-order valence-electron chi connectivity index (χ1n) is 10.3. The molecule has 2 aliphatic rings. The summed E-state index contributed by atoms with van der Waals surface area (Å²) in [4.78, 5) is 19.9. The van der Waals surface area contributed by atoms with Gasteiger partial charge >= 0.3 is 0 Å². The topological polar surface area (TPSA) is 45.2 Å². The SMILES string of the molecule is O=C(Nc1ccc2c(c1)CCN(C1CCC1)CC2)c1ccc2ccccc2n1. The third-order valence-corrected chi connectivity index (χ3v) is 6.22. The average molecular weight is 371 g/mol. The van der Waals surface area contributed by atoms with Gasteiger partial charge in [0.2, 0.25) is 0 Å². The van der Waals surface area contributed by atoms with Gasteiger partial charge in [0.05, 0.1) is 5.52 Å². The highest BCUT2D eigenvalue weighted by atomic mass is 16.1. The standard InChI is InChI=1S/C24H25N3O/c28-24(23-11-9-18-4-1-2-7-22(18)26-23)25-20-10-8-17-12-14-27(21-5-3-6-21)15-13-19(17)16-20/h1-2,4,7-11,16,21H,3,5-6,12-15H2,(H,25,28). The third kappa shape index (κ3) is 3.40. The van der Waals surface area contributed by atoms with Crippen molar-refractivity contribution in [2.24, 2.45) is 0 Å². The molecule has 2 heterocycles. The van der Waals surface area contributed by atoms with E-state index >= 15 is 0 Å². The van der Waals surface area contributed by atoms with Crippen LogP contribution in [0.3, 0.4) is 0 Å². The summed E-state index contributed by atoms with van der Waals surface area (Å²) in [6.07, 6.45) is 6.26. The number of anilines is 1. The Kier molecular flexibility index (Phi) is 4.57.